The van der Waals surface area contributed by atoms with Gasteiger partial charge in [0.15, 0.2) is 0 Å². The molecule has 1 saturated heterocycles. The summed E-state index contributed by atoms with van der Waals surface area (Å²) in [5, 5.41) is 3.44. The van der Waals surface area contributed by atoms with Crippen LogP contribution in [0.3, 0.4) is 0 Å². The van der Waals surface area contributed by atoms with Crippen molar-refractivity contribution in [3.63, 3.8) is 0 Å². The lowest BCUT2D eigenvalue weighted by Gasteiger charge is -2.24. The Bertz CT molecular complexity index is 431. The second-order valence-electron chi connectivity index (χ2n) is 4.32. The molecular weight excluding hydrogens is 248 g/mol. The van der Waals surface area contributed by atoms with Gasteiger partial charge in [0.05, 0.1) is 24.0 Å². The van der Waals surface area contributed by atoms with Crippen molar-refractivity contribution in [2.24, 2.45) is 0 Å². The first-order chi connectivity index (χ1) is 8.70. The Hall–Kier alpha value is -1.36. The van der Waals surface area contributed by atoms with Crippen molar-refractivity contribution >= 4 is 29.1 Å². The van der Waals surface area contributed by atoms with Crippen LogP contribution in [0.4, 0.5) is 11.4 Å². The average molecular weight is 266 g/mol. The molecule has 18 heavy (non-hydrogen) atoms. The van der Waals surface area contributed by atoms with E-state index < -0.39 is 0 Å². The van der Waals surface area contributed by atoms with E-state index in [1.807, 2.05) is 17.8 Å². The summed E-state index contributed by atoms with van der Waals surface area (Å²) < 4.78 is 4.66. The summed E-state index contributed by atoms with van der Waals surface area (Å²) in [6.45, 7) is 0. The number of methoxy groups -OCH3 is 1. The maximum absolute atomic E-state index is 11.4. The molecule has 0 atom stereocenters. The summed E-state index contributed by atoms with van der Waals surface area (Å²) in [5.41, 5.74) is 7.94. The molecule has 0 aromatic heterocycles. The monoisotopic (exact) mass is 266 g/mol. The maximum atomic E-state index is 11.4. The smallest absolute Gasteiger partial charge is 0.337 e. The predicted octanol–water partition coefficient (Wildman–Crippen LogP) is 2.36. The van der Waals surface area contributed by atoms with Crippen LogP contribution in [0.1, 0.15) is 23.2 Å². The van der Waals surface area contributed by atoms with E-state index in [9.17, 15) is 4.79 Å². The van der Waals surface area contributed by atoms with Crippen LogP contribution in [-0.2, 0) is 4.74 Å². The third-order valence-electron chi connectivity index (χ3n) is 3.05. The Morgan fingerprint density at radius 2 is 2.17 bits per heavy atom. The summed E-state index contributed by atoms with van der Waals surface area (Å²) in [5.74, 6) is 2.03. The Balaban J connectivity index is 2.07. The summed E-state index contributed by atoms with van der Waals surface area (Å²) >= 11 is 1.99. The number of nitrogens with one attached hydrogen (secondary N) is 1. The molecule has 0 radical (unpaired) electrons. The number of carbonyl (C=O) groups excluding carboxylic acids is 1. The maximum Gasteiger partial charge on any atom is 0.337 e. The zero-order valence-corrected chi connectivity index (χ0v) is 11.3. The SMILES string of the molecule is COC(=O)c1ccc(NC2CCSCC2)c(N)c1. The van der Waals surface area contributed by atoms with Crippen molar-refractivity contribution in [2.45, 2.75) is 18.9 Å². The molecule has 1 aliphatic rings. The molecule has 0 unspecified atom stereocenters. The second-order valence-corrected chi connectivity index (χ2v) is 5.55. The molecule has 4 nitrogen and oxygen atoms in total. The van der Waals surface area contributed by atoms with Gasteiger partial charge in [0.25, 0.3) is 0 Å². The zero-order valence-electron chi connectivity index (χ0n) is 10.4. The first kappa shape index (κ1) is 13.1. The standard InChI is InChI=1S/C13H18N2O2S/c1-17-13(16)9-2-3-12(11(14)8-9)15-10-4-6-18-7-5-10/h2-3,8,10,15H,4-7,14H2,1H3. The highest BCUT2D eigenvalue weighted by molar-refractivity contribution is 7.99. The minimum Gasteiger partial charge on any atom is -0.465 e. The lowest BCUT2D eigenvalue weighted by atomic mass is 10.1. The summed E-state index contributed by atoms with van der Waals surface area (Å²) in [7, 11) is 1.37. The van der Waals surface area contributed by atoms with Crippen LogP contribution in [0.2, 0.25) is 0 Å². The van der Waals surface area contributed by atoms with Gasteiger partial charge >= 0.3 is 5.97 Å². The number of carbonyl (C=O) groups is 1. The number of hydrogen-bond donors (Lipinski definition) is 2. The minimum absolute atomic E-state index is 0.359. The van der Waals surface area contributed by atoms with Gasteiger partial charge < -0.3 is 15.8 Å². The van der Waals surface area contributed by atoms with Gasteiger partial charge in [-0.15, -0.1) is 0 Å². The van der Waals surface area contributed by atoms with Crippen LogP contribution in [0.5, 0.6) is 0 Å². The van der Waals surface area contributed by atoms with Crippen LogP contribution < -0.4 is 11.1 Å². The number of thioether (sulfide) groups is 1. The predicted molar refractivity (Wildman–Crippen MR) is 76.2 cm³/mol. The number of benzene rings is 1. The number of hydrogen-bond acceptors (Lipinski definition) is 5. The first-order valence-corrected chi connectivity index (χ1v) is 7.18. The number of rotatable bonds is 3. The fourth-order valence-electron chi connectivity index (χ4n) is 2.00. The molecule has 2 rings (SSSR count). The molecule has 5 heteroatoms. The van der Waals surface area contributed by atoms with Gasteiger partial charge in [-0.3, -0.25) is 0 Å². The third-order valence-corrected chi connectivity index (χ3v) is 4.10. The van der Waals surface area contributed by atoms with E-state index in [1.165, 1.54) is 18.6 Å². The molecule has 3 N–H and O–H groups in total. The number of nitrogen functional groups attached to an aromatic ring is 1. The lowest BCUT2D eigenvalue weighted by Crippen LogP contribution is -2.25. The molecule has 0 amide bonds. The highest BCUT2D eigenvalue weighted by Crippen LogP contribution is 2.25. The molecule has 1 aliphatic heterocycles. The van der Waals surface area contributed by atoms with E-state index in [4.69, 9.17) is 5.73 Å². The summed E-state index contributed by atoms with van der Waals surface area (Å²) in [4.78, 5) is 11.4. The molecule has 1 fully saturated rings. The molecular formula is C13H18N2O2S. The largest absolute Gasteiger partial charge is 0.465 e. The van der Waals surface area contributed by atoms with Crippen LogP contribution in [0.25, 0.3) is 0 Å². The molecule has 0 saturated carbocycles. The Morgan fingerprint density at radius 1 is 1.44 bits per heavy atom. The first-order valence-electron chi connectivity index (χ1n) is 6.03. The summed E-state index contributed by atoms with van der Waals surface area (Å²) in [6.07, 6.45) is 2.31. The van der Waals surface area contributed by atoms with E-state index in [-0.39, 0.29) is 5.97 Å². The van der Waals surface area contributed by atoms with E-state index in [2.05, 4.69) is 10.1 Å². The van der Waals surface area contributed by atoms with Gasteiger partial charge in [-0.1, -0.05) is 0 Å². The van der Waals surface area contributed by atoms with Crippen molar-refractivity contribution < 1.29 is 9.53 Å². The van der Waals surface area contributed by atoms with Crippen molar-refractivity contribution in [3.05, 3.63) is 23.8 Å². The van der Waals surface area contributed by atoms with Crippen LogP contribution in [-0.4, -0.2) is 30.6 Å². The fraction of sp³-hybridized carbons (Fsp3) is 0.462. The highest BCUT2D eigenvalue weighted by atomic mass is 32.2. The van der Waals surface area contributed by atoms with E-state index in [1.54, 1.807) is 12.1 Å². The van der Waals surface area contributed by atoms with Gasteiger partial charge in [-0.05, 0) is 42.5 Å². The van der Waals surface area contributed by atoms with Crippen LogP contribution >= 0.6 is 11.8 Å². The Labute approximate surface area is 111 Å². The number of ether oxygens (including phenoxy) is 1. The molecule has 1 aromatic rings. The van der Waals surface area contributed by atoms with Crippen LogP contribution in [0.15, 0.2) is 18.2 Å². The molecule has 0 spiro atoms. The van der Waals surface area contributed by atoms with E-state index in [0.29, 0.717) is 17.3 Å². The van der Waals surface area contributed by atoms with E-state index in [0.717, 1.165) is 18.5 Å². The van der Waals surface area contributed by atoms with Gasteiger partial charge in [0, 0.05) is 6.04 Å². The van der Waals surface area contributed by atoms with Crippen molar-refractivity contribution in [3.8, 4) is 0 Å². The van der Waals surface area contributed by atoms with Crippen molar-refractivity contribution in [2.75, 3.05) is 29.7 Å². The molecule has 0 aliphatic carbocycles. The quantitative estimate of drug-likeness (QED) is 0.649. The van der Waals surface area contributed by atoms with Crippen LogP contribution in [0, 0.1) is 0 Å². The van der Waals surface area contributed by atoms with Gasteiger partial charge in [-0.2, -0.15) is 11.8 Å². The second kappa shape index (κ2) is 6.00. The Kier molecular flexibility index (Phi) is 4.36. The zero-order chi connectivity index (χ0) is 13.0. The lowest BCUT2D eigenvalue weighted by molar-refractivity contribution is 0.0601. The third kappa shape index (κ3) is 3.10. The molecule has 1 aromatic carbocycles. The van der Waals surface area contributed by atoms with E-state index >= 15 is 0 Å². The number of anilines is 2. The molecule has 0 bridgehead atoms. The Morgan fingerprint density at radius 3 is 2.78 bits per heavy atom. The molecule has 1 heterocycles. The van der Waals surface area contributed by atoms with Crippen molar-refractivity contribution in [1.82, 2.24) is 0 Å². The normalized spacial score (nSPS) is 16.3. The minimum atomic E-state index is -0.359. The topological polar surface area (TPSA) is 64.3 Å². The highest BCUT2D eigenvalue weighted by Gasteiger charge is 2.15. The number of nitrogens with two attached hydrogens (primary N) is 1. The fourth-order valence-corrected chi connectivity index (χ4v) is 3.11. The molecule has 98 valence electrons. The van der Waals surface area contributed by atoms with Gasteiger partial charge in [0.2, 0.25) is 0 Å². The average Bonchev–Trinajstić information content (AvgIpc) is 2.41. The van der Waals surface area contributed by atoms with Crippen molar-refractivity contribution in [1.29, 1.82) is 0 Å². The number of esters is 1. The van der Waals surface area contributed by atoms with Gasteiger partial charge in [0.1, 0.15) is 0 Å². The summed E-state index contributed by atoms with van der Waals surface area (Å²) in [6, 6.07) is 5.73. The van der Waals surface area contributed by atoms with Gasteiger partial charge in [-0.25, -0.2) is 4.79 Å².